The molecule has 0 saturated heterocycles. The van der Waals surface area contributed by atoms with E-state index in [-0.39, 0.29) is 30.0 Å². The number of H-pyrrole nitrogens is 1. The molecule has 0 radical (unpaired) electrons. The van der Waals surface area contributed by atoms with Crippen molar-refractivity contribution < 1.29 is 18.7 Å². The van der Waals surface area contributed by atoms with Gasteiger partial charge in [-0.3, -0.25) is 14.4 Å². The summed E-state index contributed by atoms with van der Waals surface area (Å²) in [5, 5.41) is 0.477. The van der Waals surface area contributed by atoms with Crippen LogP contribution in [0.25, 0.3) is 16.6 Å². The quantitative estimate of drug-likeness (QED) is 0.343. The van der Waals surface area contributed by atoms with Crippen molar-refractivity contribution in [3.8, 4) is 5.69 Å². The SMILES string of the molecule is Cc1cc(C(=O)COC(=O)CCc2nc3ccccc3c(=O)[nH]2)c(C)n1-c1cccc(F)c1. The molecule has 2 heterocycles. The number of aromatic nitrogens is 3. The number of rotatable bonds is 7. The summed E-state index contributed by atoms with van der Waals surface area (Å²) < 4.78 is 20.6. The Morgan fingerprint density at radius 2 is 1.88 bits per heavy atom. The molecular weight excluding hydrogens is 425 g/mol. The van der Waals surface area contributed by atoms with Crippen LogP contribution in [0.4, 0.5) is 4.39 Å². The molecule has 8 heteroatoms. The van der Waals surface area contributed by atoms with E-state index in [1.807, 2.05) is 6.92 Å². The summed E-state index contributed by atoms with van der Waals surface area (Å²) in [6.45, 7) is 3.17. The third-order valence-corrected chi connectivity index (χ3v) is 5.39. The van der Waals surface area contributed by atoms with Crippen LogP contribution in [0.15, 0.2) is 59.4 Å². The van der Waals surface area contributed by atoms with Gasteiger partial charge in [-0.05, 0) is 50.2 Å². The van der Waals surface area contributed by atoms with E-state index in [4.69, 9.17) is 4.74 Å². The second kappa shape index (κ2) is 9.20. The predicted octanol–water partition coefficient (Wildman–Crippen LogP) is 3.83. The number of hydrogen-bond acceptors (Lipinski definition) is 5. The number of ketones is 1. The second-order valence-electron chi connectivity index (χ2n) is 7.71. The maximum absolute atomic E-state index is 13.6. The highest BCUT2D eigenvalue weighted by molar-refractivity contribution is 5.99. The van der Waals surface area contributed by atoms with Crippen LogP contribution in [0, 0.1) is 19.7 Å². The number of aryl methyl sites for hydroxylation is 2. The molecule has 2 aromatic heterocycles. The molecule has 0 aliphatic carbocycles. The van der Waals surface area contributed by atoms with Gasteiger partial charge < -0.3 is 14.3 Å². The predicted molar refractivity (Wildman–Crippen MR) is 121 cm³/mol. The number of benzene rings is 2. The highest BCUT2D eigenvalue weighted by atomic mass is 19.1. The highest BCUT2D eigenvalue weighted by Crippen LogP contribution is 2.22. The molecule has 0 atom stereocenters. The zero-order valence-corrected chi connectivity index (χ0v) is 18.2. The molecule has 4 rings (SSSR count). The van der Waals surface area contributed by atoms with Crippen LogP contribution in [-0.4, -0.2) is 32.9 Å². The maximum Gasteiger partial charge on any atom is 0.306 e. The third-order valence-electron chi connectivity index (χ3n) is 5.39. The molecule has 7 nitrogen and oxygen atoms in total. The largest absolute Gasteiger partial charge is 0.457 e. The molecule has 1 N–H and O–H groups in total. The molecule has 2 aromatic carbocycles. The molecule has 0 saturated carbocycles. The van der Waals surface area contributed by atoms with Crippen molar-refractivity contribution in [2.75, 3.05) is 6.61 Å². The van der Waals surface area contributed by atoms with E-state index in [0.717, 1.165) is 5.69 Å². The van der Waals surface area contributed by atoms with Crippen LogP contribution in [-0.2, 0) is 16.0 Å². The number of nitrogens with one attached hydrogen (secondary N) is 1. The number of halogens is 1. The number of hydrogen-bond donors (Lipinski definition) is 1. The number of carbonyl (C=O) groups is 2. The van der Waals surface area contributed by atoms with Crippen molar-refractivity contribution in [3.63, 3.8) is 0 Å². The third kappa shape index (κ3) is 4.74. The van der Waals surface area contributed by atoms with Gasteiger partial charge in [-0.2, -0.15) is 0 Å². The Morgan fingerprint density at radius 3 is 2.67 bits per heavy atom. The molecular formula is C25H22FN3O4. The summed E-state index contributed by atoms with van der Waals surface area (Å²) in [4.78, 5) is 44.0. The molecule has 168 valence electrons. The van der Waals surface area contributed by atoms with E-state index < -0.39 is 12.6 Å². The summed E-state index contributed by atoms with van der Waals surface area (Å²) in [5.41, 5.74) is 2.69. The number of para-hydroxylation sites is 1. The minimum atomic E-state index is -0.571. The molecule has 0 aliphatic rings. The molecule has 0 unspecified atom stereocenters. The molecule has 0 bridgehead atoms. The van der Waals surface area contributed by atoms with Crippen molar-refractivity contribution in [1.82, 2.24) is 14.5 Å². The number of carbonyl (C=O) groups excluding carboxylic acids is 2. The number of ether oxygens (including phenoxy) is 1. The van der Waals surface area contributed by atoms with Gasteiger partial charge >= 0.3 is 5.97 Å². The maximum atomic E-state index is 13.6. The van der Waals surface area contributed by atoms with Gasteiger partial charge in [0.15, 0.2) is 6.61 Å². The Morgan fingerprint density at radius 1 is 1.09 bits per heavy atom. The average molecular weight is 447 g/mol. The average Bonchev–Trinajstić information content (AvgIpc) is 3.10. The van der Waals surface area contributed by atoms with E-state index in [2.05, 4.69) is 9.97 Å². The van der Waals surface area contributed by atoms with E-state index in [1.54, 1.807) is 54.0 Å². The smallest absolute Gasteiger partial charge is 0.306 e. The van der Waals surface area contributed by atoms with Gasteiger partial charge in [0, 0.05) is 29.1 Å². The first kappa shape index (κ1) is 22.1. The van der Waals surface area contributed by atoms with Crippen molar-refractivity contribution in [3.05, 3.63) is 93.5 Å². The number of aromatic amines is 1. The number of nitrogens with zero attached hydrogens (tertiary/aromatic N) is 2. The minimum absolute atomic E-state index is 0.0309. The Hall–Kier alpha value is -4.07. The zero-order valence-electron chi connectivity index (χ0n) is 18.2. The van der Waals surface area contributed by atoms with Crippen LogP contribution in [0.5, 0.6) is 0 Å². The van der Waals surface area contributed by atoms with Crippen LogP contribution in [0.1, 0.15) is 34.0 Å². The van der Waals surface area contributed by atoms with Crippen molar-refractivity contribution in [1.29, 1.82) is 0 Å². The fourth-order valence-electron chi connectivity index (χ4n) is 3.83. The van der Waals surface area contributed by atoms with Crippen molar-refractivity contribution >= 4 is 22.7 Å². The van der Waals surface area contributed by atoms with Crippen molar-refractivity contribution in [2.24, 2.45) is 0 Å². The lowest BCUT2D eigenvalue weighted by molar-refractivity contribution is -0.142. The first-order valence-electron chi connectivity index (χ1n) is 10.4. The lowest BCUT2D eigenvalue weighted by atomic mass is 10.1. The number of esters is 1. The van der Waals surface area contributed by atoms with Gasteiger partial charge in [0.2, 0.25) is 5.78 Å². The summed E-state index contributed by atoms with van der Waals surface area (Å²) in [6.07, 6.45) is 0.151. The van der Waals surface area contributed by atoms with E-state index in [1.165, 1.54) is 12.1 Å². The molecule has 0 aliphatic heterocycles. The molecule has 4 aromatic rings. The lowest BCUT2D eigenvalue weighted by Crippen LogP contribution is -2.17. The van der Waals surface area contributed by atoms with E-state index in [9.17, 15) is 18.8 Å². The molecule has 0 fully saturated rings. The van der Waals surface area contributed by atoms with Gasteiger partial charge in [-0.25, -0.2) is 9.37 Å². The van der Waals surface area contributed by atoms with Crippen LogP contribution < -0.4 is 5.56 Å². The zero-order chi connectivity index (χ0) is 23.5. The molecule has 33 heavy (non-hydrogen) atoms. The topological polar surface area (TPSA) is 94.1 Å². The summed E-state index contributed by atoms with van der Waals surface area (Å²) in [6, 6.07) is 14.7. The fourth-order valence-corrected chi connectivity index (χ4v) is 3.83. The van der Waals surface area contributed by atoms with E-state index >= 15 is 0 Å². The molecule has 0 spiro atoms. The second-order valence-corrected chi connectivity index (χ2v) is 7.71. The summed E-state index contributed by atoms with van der Waals surface area (Å²) >= 11 is 0. The van der Waals surface area contributed by atoms with Gasteiger partial charge in [0.05, 0.1) is 17.3 Å². The number of fused-ring (bicyclic) bond motifs is 1. The Bertz CT molecular complexity index is 1420. The van der Waals surface area contributed by atoms with Crippen LogP contribution in [0.2, 0.25) is 0 Å². The van der Waals surface area contributed by atoms with Gasteiger partial charge in [-0.15, -0.1) is 0 Å². The fraction of sp³-hybridized carbons (Fsp3) is 0.200. The standard InChI is InChI=1S/C25H22FN3O4/c1-15-12-20(16(2)29(15)18-7-5-6-17(26)13-18)22(30)14-33-24(31)11-10-23-27-21-9-4-3-8-19(21)25(32)28-23/h3-9,12-13H,10-11,14H2,1-2H3,(H,27,28,32). The lowest BCUT2D eigenvalue weighted by Gasteiger charge is -2.10. The Kier molecular flexibility index (Phi) is 6.17. The Balaban J connectivity index is 1.39. The Labute approximate surface area is 188 Å². The van der Waals surface area contributed by atoms with Crippen LogP contribution >= 0.6 is 0 Å². The summed E-state index contributed by atoms with van der Waals surface area (Å²) in [5.74, 6) is -0.917. The minimum Gasteiger partial charge on any atom is -0.457 e. The first-order chi connectivity index (χ1) is 15.8. The highest BCUT2D eigenvalue weighted by Gasteiger charge is 2.18. The van der Waals surface area contributed by atoms with Gasteiger partial charge in [0.1, 0.15) is 11.6 Å². The van der Waals surface area contributed by atoms with Gasteiger partial charge in [-0.1, -0.05) is 18.2 Å². The molecule has 0 amide bonds. The normalized spacial score (nSPS) is 11.0. The van der Waals surface area contributed by atoms with E-state index in [0.29, 0.717) is 33.7 Å². The van der Waals surface area contributed by atoms with Crippen LogP contribution in [0.3, 0.4) is 0 Å². The van der Waals surface area contributed by atoms with Crippen molar-refractivity contribution in [2.45, 2.75) is 26.7 Å². The van der Waals surface area contributed by atoms with Gasteiger partial charge in [0.25, 0.3) is 5.56 Å². The number of Topliss-reactive ketones (excluding diaryl/α,β-unsaturated/α-hetero) is 1. The summed E-state index contributed by atoms with van der Waals surface area (Å²) in [7, 11) is 0. The first-order valence-corrected chi connectivity index (χ1v) is 10.4. The monoisotopic (exact) mass is 447 g/mol.